The van der Waals surface area contributed by atoms with Gasteiger partial charge in [-0.1, -0.05) is 35.9 Å². The number of likely N-dealkylation sites (tertiary alicyclic amines) is 1. The van der Waals surface area contributed by atoms with Crippen LogP contribution in [0.15, 0.2) is 48.5 Å². The molecule has 4 heteroatoms. The summed E-state index contributed by atoms with van der Waals surface area (Å²) >= 11 is 0. The minimum Gasteiger partial charge on any atom is -0.390 e. The average Bonchev–Trinajstić information content (AvgIpc) is 2.64. The van der Waals surface area contributed by atoms with Crippen molar-refractivity contribution in [3.63, 3.8) is 0 Å². The number of pyridine rings is 1. The molecule has 1 aliphatic rings. The molecule has 4 nitrogen and oxygen atoms in total. The van der Waals surface area contributed by atoms with Crippen molar-refractivity contribution in [2.75, 3.05) is 13.1 Å². The van der Waals surface area contributed by atoms with Crippen LogP contribution in [0.1, 0.15) is 23.1 Å². The van der Waals surface area contributed by atoms with Crippen LogP contribution in [-0.2, 0) is 6.54 Å². The van der Waals surface area contributed by atoms with Gasteiger partial charge in [0.05, 0.1) is 23.4 Å². The number of piperidine rings is 1. The lowest BCUT2D eigenvalue weighted by Crippen LogP contribution is -2.46. The Kier molecular flexibility index (Phi) is 4.96. The molecule has 0 unspecified atom stereocenters. The molecule has 0 radical (unpaired) electrons. The van der Waals surface area contributed by atoms with Gasteiger partial charge in [0, 0.05) is 30.6 Å². The fourth-order valence-electron chi connectivity index (χ4n) is 3.85. The number of hydrogen-bond acceptors (Lipinski definition) is 4. The van der Waals surface area contributed by atoms with Gasteiger partial charge in [0.15, 0.2) is 0 Å². The van der Waals surface area contributed by atoms with Crippen LogP contribution in [0.25, 0.3) is 22.2 Å². The molecule has 3 aromatic rings. The highest BCUT2D eigenvalue weighted by molar-refractivity contribution is 5.84. The van der Waals surface area contributed by atoms with Gasteiger partial charge in [-0.2, -0.15) is 0 Å². The van der Waals surface area contributed by atoms with E-state index in [9.17, 15) is 10.2 Å². The van der Waals surface area contributed by atoms with Crippen LogP contribution in [0, 0.1) is 13.8 Å². The Bertz CT molecular complexity index is 970. The van der Waals surface area contributed by atoms with Crippen molar-refractivity contribution >= 4 is 10.9 Å². The van der Waals surface area contributed by atoms with E-state index in [0.29, 0.717) is 19.5 Å². The third-order valence-corrected chi connectivity index (χ3v) is 5.37. The summed E-state index contributed by atoms with van der Waals surface area (Å²) in [6, 6.07) is 17.0. The molecule has 2 aromatic carbocycles. The first-order valence-electron chi connectivity index (χ1n) is 9.55. The largest absolute Gasteiger partial charge is 0.390 e. The summed E-state index contributed by atoms with van der Waals surface area (Å²) in [7, 11) is 0. The predicted octanol–water partition coefficient (Wildman–Crippen LogP) is 3.45. The first-order chi connectivity index (χ1) is 13.0. The number of aliphatic hydroxyl groups is 2. The maximum Gasteiger partial charge on any atom is 0.0926 e. The quantitative estimate of drug-likeness (QED) is 0.749. The van der Waals surface area contributed by atoms with Gasteiger partial charge in [0.1, 0.15) is 0 Å². The highest BCUT2D eigenvalue weighted by atomic mass is 16.3. The lowest BCUT2D eigenvalue weighted by atomic mass is 9.99. The van der Waals surface area contributed by atoms with Gasteiger partial charge in [0.25, 0.3) is 0 Å². The lowest BCUT2D eigenvalue weighted by molar-refractivity contribution is -0.0403. The maximum atomic E-state index is 10.0. The van der Waals surface area contributed by atoms with Crippen LogP contribution in [0.2, 0.25) is 0 Å². The zero-order valence-electron chi connectivity index (χ0n) is 15.9. The normalized spacial score (nSPS) is 20.9. The van der Waals surface area contributed by atoms with Crippen LogP contribution in [0.5, 0.6) is 0 Å². The summed E-state index contributed by atoms with van der Waals surface area (Å²) in [5, 5.41) is 21.0. The van der Waals surface area contributed by atoms with Crippen molar-refractivity contribution < 1.29 is 10.2 Å². The third kappa shape index (κ3) is 3.88. The standard InChI is InChI=1S/C23H26N2O2/c1-15-4-3-5-18(10-15)23-19(13-25-9-8-21(26)22(27)14-25)12-17-7-6-16(2)11-20(17)24-23/h3-7,10-12,21-22,26-27H,8-9,13-14H2,1-2H3/t21-,22-/m1/s1. The van der Waals surface area contributed by atoms with Crippen molar-refractivity contribution in [3.05, 3.63) is 65.2 Å². The Hall–Kier alpha value is -2.27. The SMILES string of the molecule is Cc1cccc(-c2nc3cc(C)ccc3cc2CN2CC[C@@H](O)[C@H](O)C2)c1. The Labute approximate surface area is 160 Å². The van der Waals surface area contributed by atoms with Crippen LogP contribution in [0.3, 0.4) is 0 Å². The number of rotatable bonds is 3. The summed E-state index contributed by atoms with van der Waals surface area (Å²) in [6.07, 6.45) is -0.700. The lowest BCUT2D eigenvalue weighted by Gasteiger charge is -2.33. The number of aryl methyl sites for hydroxylation is 2. The van der Waals surface area contributed by atoms with Crippen molar-refractivity contribution in [3.8, 4) is 11.3 Å². The van der Waals surface area contributed by atoms with Crippen LogP contribution in [-0.4, -0.2) is 45.4 Å². The van der Waals surface area contributed by atoms with Gasteiger partial charge in [-0.15, -0.1) is 0 Å². The molecule has 2 heterocycles. The zero-order chi connectivity index (χ0) is 19.0. The number of fused-ring (bicyclic) bond motifs is 1. The molecule has 2 N–H and O–H groups in total. The van der Waals surface area contributed by atoms with E-state index in [1.165, 1.54) is 11.1 Å². The van der Waals surface area contributed by atoms with Gasteiger partial charge < -0.3 is 10.2 Å². The van der Waals surface area contributed by atoms with Gasteiger partial charge >= 0.3 is 0 Å². The molecular formula is C23H26N2O2. The van der Waals surface area contributed by atoms with E-state index in [4.69, 9.17) is 4.98 Å². The minimum atomic E-state index is -0.683. The van der Waals surface area contributed by atoms with Crippen molar-refractivity contribution in [2.24, 2.45) is 0 Å². The monoisotopic (exact) mass is 362 g/mol. The average molecular weight is 362 g/mol. The zero-order valence-corrected chi connectivity index (χ0v) is 15.9. The molecule has 0 saturated carbocycles. The van der Waals surface area contributed by atoms with E-state index in [-0.39, 0.29) is 0 Å². The second kappa shape index (κ2) is 7.39. The van der Waals surface area contributed by atoms with E-state index in [1.807, 2.05) is 0 Å². The summed E-state index contributed by atoms with van der Waals surface area (Å²) in [6.45, 7) is 6.15. The predicted molar refractivity (Wildman–Crippen MR) is 109 cm³/mol. The second-order valence-corrected chi connectivity index (χ2v) is 7.72. The molecule has 0 amide bonds. The number of nitrogens with zero attached hydrogens (tertiary/aromatic N) is 2. The van der Waals surface area contributed by atoms with E-state index in [0.717, 1.165) is 34.3 Å². The molecule has 140 valence electrons. The number of benzene rings is 2. The van der Waals surface area contributed by atoms with E-state index < -0.39 is 12.2 Å². The Morgan fingerprint density at radius 3 is 2.59 bits per heavy atom. The third-order valence-electron chi connectivity index (χ3n) is 5.37. The Morgan fingerprint density at radius 2 is 1.81 bits per heavy atom. The van der Waals surface area contributed by atoms with E-state index in [2.05, 4.69) is 67.3 Å². The topological polar surface area (TPSA) is 56.6 Å². The van der Waals surface area contributed by atoms with Gasteiger partial charge in [-0.3, -0.25) is 4.90 Å². The molecule has 0 spiro atoms. The van der Waals surface area contributed by atoms with Crippen molar-refractivity contribution in [2.45, 2.75) is 39.0 Å². The van der Waals surface area contributed by atoms with Crippen LogP contribution < -0.4 is 0 Å². The van der Waals surface area contributed by atoms with Gasteiger partial charge in [-0.25, -0.2) is 4.98 Å². The minimum absolute atomic E-state index is 0.486. The van der Waals surface area contributed by atoms with Gasteiger partial charge in [-0.05, 0) is 49.6 Å². The number of β-amino-alcohol motifs (C(OH)–C–C–N with tert-alkyl or cyclic N) is 1. The number of hydrogen-bond donors (Lipinski definition) is 2. The van der Waals surface area contributed by atoms with E-state index in [1.54, 1.807) is 0 Å². The molecule has 0 aliphatic carbocycles. The summed E-state index contributed by atoms with van der Waals surface area (Å²) in [4.78, 5) is 7.21. The summed E-state index contributed by atoms with van der Waals surface area (Å²) < 4.78 is 0. The first kappa shape index (κ1) is 18.1. The Morgan fingerprint density at radius 1 is 1.00 bits per heavy atom. The molecule has 1 fully saturated rings. The highest BCUT2D eigenvalue weighted by Crippen LogP contribution is 2.28. The molecule has 27 heavy (non-hydrogen) atoms. The highest BCUT2D eigenvalue weighted by Gasteiger charge is 2.26. The van der Waals surface area contributed by atoms with E-state index >= 15 is 0 Å². The fraction of sp³-hybridized carbons (Fsp3) is 0.348. The first-order valence-corrected chi connectivity index (χ1v) is 9.55. The molecular weight excluding hydrogens is 336 g/mol. The van der Waals surface area contributed by atoms with Crippen LogP contribution in [0.4, 0.5) is 0 Å². The summed E-state index contributed by atoms with van der Waals surface area (Å²) in [5.74, 6) is 0. The maximum absolute atomic E-state index is 10.0. The number of aromatic nitrogens is 1. The smallest absolute Gasteiger partial charge is 0.0926 e. The van der Waals surface area contributed by atoms with Crippen LogP contribution >= 0.6 is 0 Å². The fourth-order valence-corrected chi connectivity index (χ4v) is 3.85. The molecule has 1 saturated heterocycles. The molecule has 4 rings (SSSR count). The molecule has 0 bridgehead atoms. The second-order valence-electron chi connectivity index (χ2n) is 7.72. The molecule has 1 aliphatic heterocycles. The summed E-state index contributed by atoms with van der Waals surface area (Å²) in [5.41, 5.74) is 6.68. The van der Waals surface area contributed by atoms with Crippen molar-refractivity contribution in [1.82, 2.24) is 9.88 Å². The van der Waals surface area contributed by atoms with Crippen molar-refractivity contribution in [1.29, 1.82) is 0 Å². The number of aliphatic hydroxyl groups excluding tert-OH is 2. The molecule has 1 aromatic heterocycles. The van der Waals surface area contributed by atoms with Gasteiger partial charge in [0.2, 0.25) is 0 Å². The Balaban J connectivity index is 1.77. The molecule has 2 atom stereocenters.